The van der Waals surface area contributed by atoms with Crippen LogP contribution < -0.4 is 15.4 Å². The summed E-state index contributed by atoms with van der Waals surface area (Å²) >= 11 is 0. The smallest absolute Gasteiger partial charge is 0.263 e. The zero-order valence-electron chi connectivity index (χ0n) is 15.4. The Labute approximate surface area is 158 Å². The summed E-state index contributed by atoms with van der Waals surface area (Å²) in [4.78, 5) is 29.0. The summed E-state index contributed by atoms with van der Waals surface area (Å²) in [7, 11) is -3.67. The van der Waals surface area contributed by atoms with Crippen LogP contribution in [-0.4, -0.2) is 44.7 Å². The molecule has 0 radical (unpaired) electrons. The lowest BCUT2D eigenvalue weighted by Gasteiger charge is -2.19. The predicted octanol–water partition coefficient (Wildman–Crippen LogP) is 0.535. The molecule has 3 rings (SSSR count). The van der Waals surface area contributed by atoms with Crippen LogP contribution in [0, 0.1) is 5.92 Å². The first-order chi connectivity index (χ1) is 12.8. The fourth-order valence-electron chi connectivity index (χ4n) is 2.81. The average Bonchev–Trinajstić information content (AvgIpc) is 3.41. The van der Waals surface area contributed by atoms with E-state index in [1.54, 1.807) is 18.2 Å². The Balaban J connectivity index is 1.78. The molecule has 1 saturated carbocycles. The lowest BCUT2D eigenvalue weighted by Crippen LogP contribution is -2.44. The molecule has 0 saturated heterocycles. The molecule has 0 bridgehead atoms. The maximum absolute atomic E-state index is 12.6. The van der Waals surface area contributed by atoms with E-state index >= 15 is 0 Å². The highest BCUT2D eigenvalue weighted by Gasteiger charge is 2.33. The number of benzene rings is 1. The van der Waals surface area contributed by atoms with Gasteiger partial charge in [0, 0.05) is 11.6 Å². The summed E-state index contributed by atoms with van der Waals surface area (Å²) in [6.45, 7) is 3.68. The molecule has 2 atom stereocenters. The molecule has 1 aliphatic heterocycles. The van der Waals surface area contributed by atoms with E-state index in [-0.39, 0.29) is 35.1 Å². The molecule has 146 valence electrons. The lowest BCUT2D eigenvalue weighted by molar-refractivity contribution is -0.127. The molecule has 2 aliphatic rings. The van der Waals surface area contributed by atoms with Crippen molar-refractivity contribution in [2.24, 2.45) is 10.9 Å². The highest BCUT2D eigenvalue weighted by atomic mass is 32.2. The number of amides is 2. The van der Waals surface area contributed by atoms with Crippen LogP contribution in [0.5, 0.6) is 0 Å². The Morgan fingerprint density at radius 2 is 2.00 bits per heavy atom. The van der Waals surface area contributed by atoms with Gasteiger partial charge in [0.25, 0.3) is 10.0 Å². The van der Waals surface area contributed by atoms with Crippen molar-refractivity contribution in [1.82, 2.24) is 15.4 Å². The third-order valence-electron chi connectivity index (χ3n) is 4.75. The van der Waals surface area contributed by atoms with E-state index in [9.17, 15) is 18.0 Å². The molecule has 8 nitrogen and oxygen atoms in total. The molecule has 9 heteroatoms. The number of amidine groups is 1. The Morgan fingerprint density at radius 3 is 2.67 bits per heavy atom. The van der Waals surface area contributed by atoms with Gasteiger partial charge < -0.3 is 10.6 Å². The van der Waals surface area contributed by atoms with Crippen LogP contribution in [0.4, 0.5) is 0 Å². The van der Waals surface area contributed by atoms with Crippen molar-refractivity contribution in [1.29, 1.82) is 0 Å². The second kappa shape index (κ2) is 7.67. The van der Waals surface area contributed by atoms with Crippen molar-refractivity contribution in [2.45, 2.75) is 50.1 Å². The number of hydrogen-bond acceptors (Lipinski definition) is 5. The summed E-state index contributed by atoms with van der Waals surface area (Å²) in [5.41, 5.74) is 0.449. The molecule has 1 heterocycles. The zero-order valence-corrected chi connectivity index (χ0v) is 16.2. The van der Waals surface area contributed by atoms with Gasteiger partial charge in [-0.15, -0.1) is 0 Å². The molecule has 1 aromatic carbocycles. The number of nitrogens with zero attached hydrogens (tertiary/aromatic N) is 1. The highest BCUT2D eigenvalue weighted by Crippen LogP contribution is 2.24. The highest BCUT2D eigenvalue weighted by molar-refractivity contribution is 7.90. The van der Waals surface area contributed by atoms with Crippen molar-refractivity contribution in [3.8, 4) is 0 Å². The first kappa shape index (κ1) is 19.3. The molecule has 2 amide bonds. The second-order valence-corrected chi connectivity index (χ2v) is 8.62. The van der Waals surface area contributed by atoms with E-state index < -0.39 is 22.0 Å². The van der Waals surface area contributed by atoms with Crippen LogP contribution in [0.15, 0.2) is 34.2 Å². The Morgan fingerprint density at radius 1 is 1.30 bits per heavy atom. The first-order valence-electron chi connectivity index (χ1n) is 9.09. The van der Waals surface area contributed by atoms with Gasteiger partial charge in [0.15, 0.2) is 0 Å². The minimum absolute atomic E-state index is 0.116. The number of sulfonamides is 1. The number of carbonyl (C=O) groups excluding carboxylic acids is 2. The van der Waals surface area contributed by atoms with Gasteiger partial charge in [0.2, 0.25) is 11.8 Å². The van der Waals surface area contributed by atoms with E-state index in [0.29, 0.717) is 12.0 Å². The third kappa shape index (κ3) is 4.47. The van der Waals surface area contributed by atoms with Crippen molar-refractivity contribution >= 4 is 27.7 Å². The van der Waals surface area contributed by atoms with Gasteiger partial charge in [-0.05, 0) is 30.9 Å². The fraction of sp³-hybridized carbons (Fsp3) is 0.500. The monoisotopic (exact) mass is 392 g/mol. The van der Waals surface area contributed by atoms with E-state index in [1.165, 1.54) is 6.07 Å². The number of rotatable bonds is 7. The fourth-order valence-corrected chi connectivity index (χ4v) is 4.05. The van der Waals surface area contributed by atoms with Gasteiger partial charge >= 0.3 is 0 Å². The number of fused-ring (bicyclic) bond motifs is 1. The van der Waals surface area contributed by atoms with Crippen molar-refractivity contribution < 1.29 is 18.0 Å². The van der Waals surface area contributed by atoms with Gasteiger partial charge in [0.05, 0.1) is 11.4 Å². The van der Waals surface area contributed by atoms with Gasteiger partial charge in [-0.1, -0.05) is 32.4 Å². The lowest BCUT2D eigenvalue weighted by atomic mass is 9.98. The number of carbonyl (C=O) groups is 2. The van der Waals surface area contributed by atoms with Crippen LogP contribution in [-0.2, 0) is 19.6 Å². The minimum Gasteiger partial charge on any atom is -0.352 e. The Kier molecular flexibility index (Phi) is 5.50. The van der Waals surface area contributed by atoms with Gasteiger partial charge in [-0.25, -0.2) is 8.42 Å². The van der Waals surface area contributed by atoms with E-state index in [4.69, 9.17) is 0 Å². The zero-order chi connectivity index (χ0) is 19.6. The average molecular weight is 392 g/mol. The van der Waals surface area contributed by atoms with E-state index in [1.807, 2.05) is 13.8 Å². The predicted molar refractivity (Wildman–Crippen MR) is 101 cm³/mol. The van der Waals surface area contributed by atoms with Crippen LogP contribution in [0.1, 0.15) is 38.7 Å². The normalized spacial score (nSPS) is 21.0. The Hall–Kier alpha value is -2.42. The number of aliphatic imine (C=N–C) groups is 1. The van der Waals surface area contributed by atoms with Crippen LogP contribution in [0.3, 0.4) is 0 Å². The summed E-state index contributed by atoms with van der Waals surface area (Å²) in [5.74, 6) is -0.588. The molecular weight excluding hydrogens is 368 g/mol. The molecule has 0 aromatic heterocycles. The largest absolute Gasteiger partial charge is 0.352 e. The molecule has 3 N–H and O–H groups in total. The van der Waals surface area contributed by atoms with Crippen molar-refractivity contribution in [3.05, 3.63) is 29.8 Å². The maximum atomic E-state index is 12.6. The van der Waals surface area contributed by atoms with Gasteiger partial charge in [-0.3, -0.25) is 19.3 Å². The van der Waals surface area contributed by atoms with E-state index in [2.05, 4.69) is 20.3 Å². The Bertz CT molecular complexity index is 877. The summed E-state index contributed by atoms with van der Waals surface area (Å²) < 4.78 is 26.9. The second-order valence-electron chi connectivity index (χ2n) is 6.97. The SMILES string of the molecule is CC[C@H](C)[C@H](N=C1NS(=O)(=O)c2ccccc21)C(=O)NCC(=O)NC1CC1. The van der Waals surface area contributed by atoms with Crippen molar-refractivity contribution in [2.75, 3.05) is 6.54 Å². The quantitative estimate of drug-likeness (QED) is 0.628. The standard InChI is InChI=1S/C18H24N4O4S/c1-3-11(2)16(18(24)19-10-15(23)20-12-8-9-12)21-17-13-6-4-5-7-14(13)27(25,26)22-17/h4-7,11-12,16H,3,8-10H2,1-2H3,(H,19,24)(H,20,23)(H,21,22)/t11-,16-/m0/s1. The van der Waals surface area contributed by atoms with Gasteiger partial charge in [-0.2, -0.15) is 0 Å². The van der Waals surface area contributed by atoms with E-state index in [0.717, 1.165) is 12.8 Å². The summed E-state index contributed by atoms with van der Waals surface area (Å²) in [5, 5.41) is 5.42. The molecule has 0 spiro atoms. The van der Waals surface area contributed by atoms with Crippen molar-refractivity contribution in [3.63, 3.8) is 0 Å². The molecule has 1 aliphatic carbocycles. The molecule has 0 unspecified atom stereocenters. The van der Waals surface area contributed by atoms with Gasteiger partial charge in [0.1, 0.15) is 11.9 Å². The third-order valence-corrected chi connectivity index (χ3v) is 6.15. The first-order valence-corrected chi connectivity index (χ1v) is 10.6. The molecular formula is C18H24N4O4S. The van der Waals surface area contributed by atoms with Crippen LogP contribution in [0.2, 0.25) is 0 Å². The number of hydrogen-bond donors (Lipinski definition) is 3. The van der Waals surface area contributed by atoms with Crippen LogP contribution >= 0.6 is 0 Å². The molecule has 1 fully saturated rings. The summed E-state index contributed by atoms with van der Waals surface area (Å²) in [6.07, 6.45) is 2.63. The topological polar surface area (TPSA) is 117 Å². The van der Waals surface area contributed by atoms with Crippen LogP contribution in [0.25, 0.3) is 0 Å². The minimum atomic E-state index is -3.67. The molecule has 27 heavy (non-hydrogen) atoms. The number of nitrogens with one attached hydrogen (secondary N) is 3. The maximum Gasteiger partial charge on any atom is 0.263 e. The summed E-state index contributed by atoms with van der Waals surface area (Å²) in [6, 6.07) is 5.94. The molecule has 1 aromatic rings.